The molecule has 0 saturated carbocycles. The van der Waals surface area contributed by atoms with Gasteiger partial charge in [-0.25, -0.2) is 14.7 Å². The molecule has 122 valence electrons. The van der Waals surface area contributed by atoms with Crippen LogP contribution in [0.5, 0.6) is 0 Å². The molecule has 0 bridgehead atoms. The first kappa shape index (κ1) is 16.8. The van der Waals surface area contributed by atoms with E-state index >= 15 is 0 Å². The Morgan fingerprint density at radius 2 is 1.88 bits per heavy atom. The fourth-order valence-corrected chi connectivity index (χ4v) is 3.21. The van der Waals surface area contributed by atoms with Crippen molar-refractivity contribution in [1.82, 2.24) is 4.98 Å². The molecule has 0 aliphatic rings. The highest BCUT2D eigenvalue weighted by Gasteiger charge is 2.21. The number of carbonyl (C=O) groups excluding carboxylic acids is 1. The van der Waals surface area contributed by atoms with E-state index in [0.29, 0.717) is 20.9 Å². The monoisotopic (exact) mass is 377 g/mol. The Labute approximate surface area is 153 Å². The molecule has 0 unspecified atom stereocenters. The summed E-state index contributed by atoms with van der Waals surface area (Å²) < 4.78 is 0. The topological polar surface area (TPSA) is 45.2 Å². The number of para-hydroxylation sites is 1. The molecule has 1 N–H and O–H groups in total. The minimum absolute atomic E-state index is 0.325. The van der Waals surface area contributed by atoms with Crippen LogP contribution in [0.2, 0.25) is 10.0 Å². The third-order valence-electron chi connectivity index (χ3n) is 3.19. The molecule has 3 aromatic rings. The molecule has 2 amide bonds. The summed E-state index contributed by atoms with van der Waals surface area (Å²) in [5.41, 5.74) is 2.14. The zero-order valence-electron chi connectivity index (χ0n) is 12.7. The first-order valence-corrected chi connectivity index (χ1v) is 8.71. The van der Waals surface area contributed by atoms with Crippen molar-refractivity contribution in [2.75, 3.05) is 10.2 Å². The van der Waals surface area contributed by atoms with Gasteiger partial charge in [0, 0.05) is 11.1 Å². The van der Waals surface area contributed by atoms with Crippen molar-refractivity contribution in [3.05, 3.63) is 69.7 Å². The van der Waals surface area contributed by atoms with E-state index in [2.05, 4.69) is 10.3 Å². The molecule has 0 aliphatic heterocycles. The minimum atomic E-state index is -0.325. The van der Waals surface area contributed by atoms with E-state index < -0.39 is 0 Å². The maximum absolute atomic E-state index is 12.8. The molecule has 24 heavy (non-hydrogen) atoms. The summed E-state index contributed by atoms with van der Waals surface area (Å²) in [7, 11) is 0. The van der Waals surface area contributed by atoms with Crippen LogP contribution in [0.4, 0.5) is 21.3 Å². The summed E-state index contributed by atoms with van der Waals surface area (Å²) in [6.07, 6.45) is 0. The SMILES string of the molecule is Cc1csc(N(C(=O)Nc2ccc(Cl)c(Cl)c2)c2ccccc2)n1. The highest BCUT2D eigenvalue weighted by atomic mass is 35.5. The summed E-state index contributed by atoms with van der Waals surface area (Å²) in [5.74, 6) is 0. The fourth-order valence-electron chi connectivity index (χ4n) is 2.09. The first-order chi connectivity index (χ1) is 11.5. The third-order valence-corrected chi connectivity index (χ3v) is 4.87. The predicted octanol–water partition coefficient (Wildman–Crippen LogP) is 6.13. The number of thiazole rings is 1. The Bertz CT molecular complexity index is 867. The number of carbonyl (C=O) groups is 1. The van der Waals surface area contributed by atoms with Gasteiger partial charge < -0.3 is 5.32 Å². The number of benzene rings is 2. The van der Waals surface area contributed by atoms with Crippen LogP contribution in [0.15, 0.2) is 53.9 Å². The quantitative estimate of drug-likeness (QED) is 0.596. The van der Waals surface area contributed by atoms with Gasteiger partial charge in [-0.3, -0.25) is 0 Å². The molecule has 0 aliphatic carbocycles. The lowest BCUT2D eigenvalue weighted by Gasteiger charge is -2.20. The molecule has 7 heteroatoms. The average molecular weight is 378 g/mol. The highest BCUT2D eigenvalue weighted by Crippen LogP contribution is 2.30. The Morgan fingerprint density at radius 3 is 2.50 bits per heavy atom. The summed E-state index contributed by atoms with van der Waals surface area (Å²) in [5, 5.41) is 6.14. The van der Waals surface area contributed by atoms with E-state index in [9.17, 15) is 4.79 Å². The molecular formula is C17H13Cl2N3OS. The van der Waals surface area contributed by atoms with E-state index in [1.165, 1.54) is 16.2 Å². The number of nitrogens with zero attached hydrogens (tertiary/aromatic N) is 2. The maximum atomic E-state index is 12.8. The number of hydrogen-bond acceptors (Lipinski definition) is 3. The van der Waals surface area contributed by atoms with Crippen LogP contribution in [-0.2, 0) is 0 Å². The van der Waals surface area contributed by atoms with Gasteiger partial charge in [0.2, 0.25) is 0 Å². The lowest BCUT2D eigenvalue weighted by atomic mass is 10.3. The van der Waals surface area contributed by atoms with Crippen LogP contribution in [0.1, 0.15) is 5.69 Å². The molecule has 0 radical (unpaired) electrons. The summed E-state index contributed by atoms with van der Waals surface area (Å²) in [6, 6.07) is 14.0. The second kappa shape index (κ2) is 7.21. The fraction of sp³-hybridized carbons (Fsp3) is 0.0588. The van der Waals surface area contributed by atoms with Gasteiger partial charge in [0.1, 0.15) is 0 Å². The van der Waals surface area contributed by atoms with Crippen molar-refractivity contribution in [3.8, 4) is 0 Å². The van der Waals surface area contributed by atoms with E-state index in [4.69, 9.17) is 23.2 Å². The van der Waals surface area contributed by atoms with Crippen LogP contribution < -0.4 is 10.2 Å². The van der Waals surface area contributed by atoms with Crippen molar-refractivity contribution < 1.29 is 4.79 Å². The highest BCUT2D eigenvalue weighted by molar-refractivity contribution is 7.14. The number of halogens is 2. The van der Waals surface area contributed by atoms with E-state index in [-0.39, 0.29) is 6.03 Å². The number of amides is 2. The molecule has 1 aromatic heterocycles. The Kier molecular flexibility index (Phi) is 5.04. The number of urea groups is 1. The molecule has 1 heterocycles. The molecular weight excluding hydrogens is 365 g/mol. The normalized spacial score (nSPS) is 10.5. The van der Waals surface area contributed by atoms with Gasteiger partial charge in [-0.15, -0.1) is 11.3 Å². The van der Waals surface area contributed by atoms with Crippen LogP contribution in [-0.4, -0.2) is 11.0 Å². The van der Waals surface area contributed by atoms with E-state index in [0.717, 1.165) is 11.4 Å². The van der Waals surface area contributed by atoms with Crippen LogP contribution in [0, 0.1) is 6.92 Å². The molecule has 3 rings (SSSR count). The minimum Gasteiger partial charge on any atom is -0.307 e. The largest absolute Gasteiger partial charge is 0.332 e. The predicted molar refractivity (Wildman–Crippen MR) is 101 cm³/mol. The Hall–Kier alpha value is -2.08. The van der Waals surface area contributed by atoms with Crippen molar-refractivity contribution in [3.63, 3.8) is 0 Å². The van der Waals surface area contributed by atoms with Gasteiger partial charge >= 0.3 is 6.03 Å². The number of nitrogens with one attached hydrogen (secondary N) is 1. The first-order valence-electron chi connectivity index (χ1n) is 7.08. The molecule has 0 saturated heterocycles. The standard InChI is InChI=1S/C17H13Cl2N3OS/c1-11-10-24-17(20-11)22(13-5-3-2-4-6-13)16(23)21-12-7-8-14(18)15(19)9-12/h2-10H,1H3,(H,21,23). The molecule has 4 nitrogen and oxygen atoms in total. The molecule has 0 spiro atoms. The summed E-state index contributed by atoms with van der Waals surface area (Å²) in [4.78, 5) is 18.8. The van der Waals surface area contributed by atoms with Crippen molar-refractivity contribution in [2.24, 2.45) is 0 Å². The van der Waals surface area contributed by atoms with E-state index in [1.807, 2.05) is 42.6 Å². The third kappa shape index (κ3) is 3.70. The Morgan fingerprint density at radius 1 is 1.12 bits per heavy atom. The van der Waals surface area contributed by atoms with E-state index in [1.54, 1.807) is 18.2 Å². The van der Waals surface area contributed by atoms with Crippen molar-refractivity contribution >= 4 is 57.1 Å². The van der Waals surface area contributed by atoms with Gasteiger partial charge in [-0.2, -0.15) is 0 Å². The number of aromatic nitrogens is 1. The van der Waals surface area contributed by atoms with Crippen LogP contribution in [0.25, 0.3) is 0 Å². The summed E-state index contributed by atoms with van der Waals surface area (Å²) >= 11 is 13.3. The van der Waals surface area contributed by atoms with Gasteiger partial charge in [0.25, 0.3) is 0 Å². The van der Waals surface area contributed by atoms with Crippen molar-refractivity contribution in [2.45, 2.75) is 6.92 Å². The lowest BCUT2D eigenvalue weighted by molar-refractivity contribution is 0.259. The summed E-state index contributed by atoms with van der Waals surface area (Å²) in [6.45, 7) is 1.89. The maximum Gasteiger partial charge on any atom is 0.332 e. The number of hydrogen-bond donors (Lipinski definition) is 1. The lowest BCUT2D eigenvalue weighted by Crippen LogP contribution is -2.30. The second-order valence-corrected chi connectivity index (χ2v) is 6.65. The second-order valence-electron chi connectivity index (χ2n) is 5.00. The van der Waals surface area contributed by atoms with Crippen molar-refractivity contribution in [1.29, 1.82) is 0 Å². The Balaban J connectivity index is 1.93. The van der Waals surface area contributed by atoms with Crippen LogP contribution >= 0.6 is 34.5 Å². The molecule has 0 fully saturated rings. The number of aryl methyl sites for hydroxylation is 1. The molecule has 2 aromatic carbocycles. The zero-order chi connectivity index (χ0) is 17.1. The molecule has 0 atom stereocenters. The van der Waals surface area contributed by atoms with Gasteiger partial charge in [0.05, 0.1) is 21.4 Å². The van der Waals surface area contributed by atoms with Gasteiger partial charge in [-0.1, -0.05) is 41.4 Å². The van der Waals surface area contributed by atoms with Gasteiger partial charge in [-0.05, 0) is 37.3 Å². The van der Waals surface area contributed by atoms with Gasteiger partial charge in [0.15, 0.2) is 5.13 Å². The number of anilines is 3. The number of rotatable bonds is 3. The smallest absolute Gasteiger partial charge is 0.307 e. The zero-order valence-corrected chi connectivity index (χ0v) is 15.0. The van der Waals surface area contributed by atoms with Crippen LogP contribution in [0.3, 0.4) is 0 Å². The average Bonchev–Trinajstić information content (AvgIpc) is 2.98.